The van der Waals surface area contributed by atoms with E-state index in [1.807, 2.05) is 66.7 Å². The van der Waals surface area contributed by atoms with E-state index < -0.39 is 0 Å². The van der Waals surface area contributed by atoms with Gasteiger partial charge < -0.3 is 48.3 Å². The minimum absolute atomic E-state index is 0. The minimum atomic E-state index is 0. The van der Waals surface area contributed by atoms with Gasteiger partial charge in [0.15, 0.2) is 11.5 Å². The minimum Gasteiger partial charge on any atom is -0.492 e. The number of ether oxygens (including phenoxy) is 6. The van der Waals surface area contributed by atoms with Crippen molar-refractivity contribution in [3.63, 3.8) is 0 Å². The lowest BCUT2D eigenvalue weighted by Crippen LogP contribution is -2.25. The van der Waals surface area contributed by atoms with Crippen LogP contribution in [0, 0.1) is 0 Å². The number of furan rings is 2. The zero-order valence-corrected chi connectivity index (χ0v) is 42.5. The van der Waals surface area contributed by atoms with E-state index >= 15 is 0 Å². The molecule has 6 aromatic rings. The average Bonchev–Trinajstić information content (AvgIpc) is 4.27. The fourth-order valence-corrected chi connectivity index (χ4v) is 7.83. The van der Waals surface area contributed by atoms with E-state index in [-0.39, 0.29) is 20.1 Å². The summed E-state index contributed by atoms with van der Waals surface area (Å²) in [4.78, 5) is 21.7. The third kappa shape index (κ3) is 21.6. The lowest BCUT2D eigenvalue weighted by atomic mass is 10.2. The van der Waals surface area contributed by atoms with Crippen LogP contribution in [0.2, 0.25) is 5.28 Å². The smallest absolute Gasteiger partial charge is 0.227 e. The number of rotatable bonds is 28. The van der Waals surface area contributed by atoms with Gasteiger partial charge in [-0.1, -0.05) is 39.2 Å². The van der Waals surface area contributed by atoms with Crippen molar-refractivity contribution in [3.8, 4) is 34.4 Å². The molecule has 75 heavy (non-hydrogen) atoms. The summed E-state index contributed by atoms with van der Waals surface area (Å²) in [6.45, 7) is 26.2. The van der Waals surface area contributed by atoms with E-state index in [4.69, 9.17) is 54.6 Å². The van der Waals surface area contributed by atoms with Crippen molar-refractivity contribution in [1.29, 1.82) is 0 Å². The van der Waals surface area contributed by atoms with Crippen molar-refractivity contribution in [2.24, 2.45) is 0 Å². The number of hydrogen-bond donors (Lipinski definition) is 2. The van der Waals surface area contributed by atoms with Crippen LogP contribution in [0.4, 0.5) is 17.3 Å². The Morgan fingerprint density at radius 3 is 1.55 bits per heavy atom. The van der Waals surface area contributed by atoms with Gasteiger partial charge >= 0.3 is 0 Å². The molecule has 0 atom stereocenters. The highest BCUT2D eigenvalue weighted by Crippen LogP contribution is 2.28. The SMILES string of the molecule is C.C.C=CCOCc1cc(N)ccc1OCCN1CCCC1.C=CCOCc1ccc(-c2ccnc(Cl)n2)o1.C=CCOCc1ccc(-c2ccnc(Nc3ccc(OCCN4CCCC4)c(COCC=C)c3)n2)o1. The summed E-state index contributed by atoms with van der Waals surface area (Å²) < 4.78 is 45.3. The predicted molar refractivity (Wildman–Crippen MR) is 300 cm³/mol. The van der Waals surface area contributed by atoms with Gasteiger partial charge in [0.2, 0.25) is 11.2 Å². The highest BCUT2D eigenvalue weighted by Gasteiger charge is 2.15. The highest BCUT2D eigenvalue weighted by molar-refractivity contribution is 6.28. The second kappa shape index (κ2) is 34.8. The van der Waals surface area contributed by atoms with Crippen LogP contribution in [-0.2, 0) is 45.4 Å². The Labute approximate surface area is 449 Å². The summed E-state index contributed by atoms with van der Waals surface area (Å²) in [5, 5.41) is 3.48. The summed E-state index contributed by atoms with van der Waals surface area (Å²) in [5.74, 6) is 4.90. The number of nitrogens with two attached hydrogens (primary N) is 1. The molecule has 2 fully saturated rings. The van der Waals surface area contributed by atoms with Crippen LogP contribution in [0.25, 0.3) is 22.9 Å². The van der Waals surface area contributed by atoms with E-state index in [0.29, 0.717) is 94.9 Å². The normalized spacial score (nSPS) is 13.0. The molecule has 16 nitrogen and oxygen atoms in total. The summed E-state index contributed by atoms with van der Waals surface area (Å²) >= 11 is 5.70. The molecule has 4 aromatic heterocycles. The van der Waals surface area contributed by atoms with Crippen LogP contribution in [0.15, 0.2) is 145 Å². The first-order valence-electron chi connectivity index (χ1n) is 24.6. The number of aromatic nitrogens is 4. The molecule has 0 bridgehead atoms. The molecule has 404 valence electrons. The van der Waals surface area contributed by atoms with Crippen LogP contribution in [-0.4, -0.2) is 109 Å². The van der Waals surface area contributed by atoms with Gasteiger partial charge in [-0.15, -0.1) is 26.3 Å². The Morgan fingerprint density at radius 2 is 1.04 bits per heavy atom. The third-order valence-corrected chi connectivity index (χ3v) is 11.4. The van der Waals surface area contributed by atoms with Crippen LogP contribution < -0.4 is 20.5 Å². The lowest BCUT2D eigenvalue weighted by Gasteiger charge is -2.17. The van der Waals surface area contributed by atoms with E-state index in [1.165, 1.54) is 38.8 Å². The van der Waals surface area contributed by atoms with Crippen molar-refractivity contribution in [1.82, 2.24) is 29.7 Å². The number of halogens is 1. The molecule has 2 aliphatic heterocycles. The molecular formula is C58H77ClN8O8. The summed E-state index contributed by atoms with van der Waals surface area (Å²) in [6.07, 6.45) is 15.3. The number of nitrogens with zero attached hydrogens (tertiary/aromatic N) is 6. The van der Waals surface area contributed by atoms with Gasteiger partial charge in [0.25, 0.3) is 0 Å². The van der Waals surface area contributed by atoms with E-state index in [1.54, 1.807) is 42.8 Å². The molecule has 3 N–H and O–H groups in total. The van der Waals surface area contributed by atoms with Crippen molar-refractivity contribution in [2.75, 3.05) is 90.0 Å². The Balaban J connectivity index is 0.000000264. The van der Waals surface area contributed by atoms with Crippen molar-refractivity contribution in [3.05, 3.63) is 164 Å². The lowest BCUT2D eigenvalue weighted by molar-refractivity contribution is 0.132. The first-order valence-corrected chi connectivity index (χ1v) is 24.9. The molecule has 6 heterocycles. The number of likely N-dealkylation sites (tertiary alicyclic amines) is 2. The maximum Gasteiger partial charge on any atom is 0.227 e. The van der Waals surface area contributed by atoms with Gasteiger partial charge in [0.05, 0.1) is 39.6 Å². The fourth-order valence-electron chi connectivity index (χ4n) is 7.68. The third-order valence-electron chi connectivity index (χ3n) is 11.2. The number of hydrogen-bond acceptors (Lipinski definition) is 16. The molecule has 0 radical (unpaired) electrons. The second-order valence-electron chi connectivity index (χ2n) is 16.8. The maximum atomic E-state index is 6.11. The molecule has 2 saturated heterocycles. The van der Waals surface area contributed by atoms with Crippen LogP contribution >= 0.6 is 11.6 Å². The van der Waals surface area contributed by atoms with Crippen LogP contribution in [0.5, 0.6) is 11.5 Å². The zero-order chi connectivity index (χ0) is 51.3. The topological polar surface area (TPSA) is 178 Å². The van der Waals surface area contributed by atoms with Gasteiger partial charge in [-0.05, 0) is 136 Å². The van der Waals surface area contributed by atoms with E-state index in [9.17, 15) is 0 Å². The number of nitrogens with one attached hydrogen (secondary N) is 1. The van der Waals surface area contributed by atoms with E-state index in [0.717, 1.165) is 71.7 Å². The van der Waals surface area contributed by atoms with Crippen molar-refractivity contribution >= 4 is 28.9 Å². The summed E-state index contributed by atoms with van der Waals surface area (Å²) in [7, 11) is 0. The number of benzene rings is 2. The summed E-state index contributed by atoms with van der Waals surface area (Å²) in [6, 6.07) is 22.6. The van der Waals surface area contributed by atoms with E-state index in [2.05, 4.69) is 61.4 Å². The Hall–Kier alpha value is -6.63. The standard InChI is InChI=1S/C28H34N4O4.C16H24N2O2.C12H11ClN2O2.2CH4/c1-3-16-33-20-22-19-23(7-9-26(22)35-18-15-32-13-5-6-14-32)30-28-29-12-11-25(31-28)27-10-8-24(36-27)21-34-17-4-2;1-2-10-19-13-14-12-15(17)5-6-16(14)20-11-9-18-7-3-4-8-18;1-2-7-16-8-9-3-4-11(17-9)10-5-6-14-12(13)15-10;;/h3-4,7-12,19H,1-2,5-6,13-18,20-21H2,(H,29,30,31);2,5-6,12H,1,3-4,7-11,13,17H2;2-6H,1,7-8H2;2*1H4. The fraction of sp³-hybridized carbons (Fsp3) is 0.379. The maximum absolute atomic E-state index is 6.11. The number of anilines is 3. The molecule has 2 aromatic carbocycles. The monoisotopic (exact) mass is 1050 g/mol. The van der Waals surface area contributed by atoms with Gasteiger partial charge in [-0.25, -0.2) is 19.9 Å². The Bertz CT molecular complexity index is 2590. The Morgan fingerprint density at radius 1 is 0.573 bits per heavy atom. The Kier molecular flexibility index (Phi) is 28.3. The van der Waals surface area contributed by atoms with Crippen LogP contribution in [0.3, 0.4) is 0 Å². The van der Waals surface area contributed by atoms with Gasteiger partial charge in [-0.2, -0.15) is 0 Å². The van der Waals surface area contributed by atoms with Crippen LogP contribution in [0.1, 0.15) is 63.2 Å². The molecule has 0 saturated carbocycles. The van der Waals surface area contributed by atoms with Crippen molar-refractivity contribution < 1.29 is 37.3 Å². The molecule has 17 heteroatoms. The molecule has 0 amide bonds. The van der Waals surface area contributed by atoms with Crippen molar-refractivity contribution in [2.45, 2.75) is 67.0 Å². The molecule has 2 aliphatic rings. The summed E-state index contributed by atoms with van der Waals surface area (Å²) in [5.41, 5.74) is 10.7. The van der Waals surface area contributed by atoms with Gasteiger partial charge in [0, 0.05) is 48.0 Å². The van der Waals surface area contributed by atoms with Gasteiger partial charge in [-0.3, -0.25) is 9.80 Å². The first-order chi connectivity index (χ1) is 35.8. The first kappa shape index (κ1) is 60.9. The predicted octanol–water partition coefficient (Wildman–Crippen LogP) is 12.2. The molecule has 0 aliphatic carbocycles. The second-order valence-corrected chi connectivity index (χ2v) is 17.2. The molecular weight excluding hydrogens is 972 g/mol. The molecule has 8 rings (SSSR count). The van der Waals surface area contributed by atoms with Gasteiger partial charge in [0.1, 0.15) is 60.8 Å². The number of nitrogen functional groups attached to an aromatic ring is 1. The quantitative estimate of drug-likeness (QED) is 0.0205. The highest BCUT2D eigenvalue weighted by atomic mass is 35.5. The largest absolute Gasteiger partial charge is 0.492 e. The molecule has 0 spiro atoms. The average molecular weight is 1050 g/mol. The zero-order valence-electron chi connectivity index (χ0n) is 41.8. The molecule has 0 unspecified atom stereocenters.